The molecule has 0 aromatic carbocycles. The van der Waals surface area contributed by atoms with Crippen molar-refractivity contribution in [3.8, 4) is 0 Å². The smallest absolute Gasteiger partial charge is 0.158 e. The van der Waals surface area contributed by atoms with Crippen LogP contribution < -0.4 is 0 Å². The van der Waals surface area contributed by atoms with Crippen LogP contribution in [0.3, 0.4) is 0 Å². The van der Waals surface area contributed by atoms with Crippen molar-refractivity contribution in [2.45, 2.75) is 65.2 Å². The zero-order valence-corrected chi connectivity index (χ0v) is 13.0. The van der Waals surface area contributed by atoms with E-state index in [0.29, 0.717) is 43.3 Å². The van der Waals surface area contributed by atoms with Gasteiger partial charge in [0.2, 0.25) is 0 Å². The van der Waals surface area contributed by atoms with Gasteiger partial charge in [-0.3, -0.25) is 9.59 Å². The Morgan fingerprint density at radius 2 is 1.95 bits per heavy atom. The molecule has 0 aromatic rings. The van der Waals surface area contributed by atoms with Crippen molar-refractivity contribution in [2.75, 3.05) is 0 Å². The van der Waals surface area contributed by atoms with E-state index in [1.54, 1.807) is 6.92 Å². The summed E-state index contributed by atoms with van der Waals surface area (Å²) in [6, 6.07) is 0. The highest BCUT2D eigenvalue weighted by Gasteiger charge is 2.53. The summed E-state index contributed by atoms with van der Waals surface area (Å²) >= 11 is 0. The zero-order valence-electron chi connectivity index (χ0n) is 13.0. The van der Waals surface area contributed by atoms with Gasteiger partial charge < -0.3 is 4.79 Å². The molecule has 3 atom stereocenters. The predicted octanol–water partition coefficient (Wildman–Crippen LogP) is 3.41. The van der Waals surface area contributed by atoms with Gasteiger partial charge in [0.15, 0.2) is 5.78 Å². The average molecular weight is 288 g/mol. The number of ketones is 3. The molecule has 3 aliphatic carbocycles. The lowest BCUT2D eigenvalue weighted by Crippen LogP contribution is -2.40. The molecule has 3 rings (SSSR count). The molecule has 0 aromatic heterocycles. The highest BCUT2D eigenvalue weighted by molar-refractivity contribution is 5.98. The van der Waals surface area contributed by atoms with E-state index in [0.717, 1.165) is 31.3 Å². The van der Waals surface area contributed by atoms with E-state index < -0.39 is 0 Å². The fourth-order valence-corrected chi connectivity index (χ4v) is 4.86. The van der Waals surface area contributed by atoms with Gasteiger partial charge in [-0.1, -0.05) is 12.5 Å². The van der Waals surface area contributed by atoms with Crippen LogP contribution in [0.15, 0.2) is 11.1 Å². The third-order valence-corrected chi connectivity index (χ3v) is 6.12. The van der Waals surface area contributed by atoms with Gasteiger partial charge in [0.05, 0.1) is 0 Å². The molecule has 0 unspecified atom stereocenters. The van der Waals surface area contributed by atoms with E-state index in [1.165, 1.54) is 5.57 Å². The first-order valence-corrected chi connectivity index (χ1v) is 8.21. The van der Waals surface area contributed by atoms with E-state index in [9.17, 15) is 14.4 Å². The molecule has 0 amide bonds. The first-order valence-electron chi connectivity index (χ1n) is 8.21. The van der Waals surface area contributed by atoms with Crippen molar-refractivity contribution in [3.05, 3.63) is 11.1 Å². The Balaban J connectivity index is 1.92. The first kappa shape index (κ1) is 14.7. The summed E-state index contributed by atoms with van der Waals surface area (Å²) in [6.45, 7) is 3.72. The maximum absolute atomic E-state index is 12.3. The molecule has 0 aliphatic heterocycles. The van der Waals surface area contributed by atoms with Crippen LogP contribution in [0, 0.1) is 17.3 Å². The second-order valence-electron chi connectivity index (χ2n) is 7.26. The van der Waals surface area contributed by atoms with E-state index >= 15 is 0 Å². The zero-order chi connectivity index (χ0) is 15.2. The third-order valence-electron chi connectivity index (χ3n) is 6.12. The van der Waals surface area contributed by atoms with Crippen molar-refractivity contribution in [1.29, 1.82) is 0 Å². The van der Waals surface area contributed by atoms with Crippen molar-refractivity contribution < 1.29 is 14.4 Å². The van der Waals surface area contributed by atoms with Gasteiger partial charge in [0.1, 0.15) is 11.6 Å². The summed E-state index contributed by atoms with van der Waals surface area (Å²) < 4.78 is 0. The Hall–Kier alpha value is -1.25. The van der Waals surface area contributed by atoms with Gasteiger partial charge >= 0.3 is 0 Å². The molecule has 3 nitrogen and oxygen atoms in total. The summed E-state index contributed by atoms with van der Waals surface area (Å²) in [5.74, 6) is 1.66. The molecule has 0 radical (unpaired) electrons. The van der Waals surface area contributed by atoms with Gasteiger partial charge in [-0.15, -0.1) is 0 Å². The van der Waals surface area contributed by atoms with Crippen LogP contribution in [0.2, 0.25) is 0 Å². The molecule has 2 fully saturated rings. The van der Waals surface area contributed by atoms with Crippen molar-refractivity contribution in [1.82, 2.24) is 0 Å². The van der Waals surface area contributed by atoms with Crippen LogP contribution in [0.5, 0.6) is 0 Å². The van der Waals surface area contributed by atoms with Gasteiger partial charge in [-0.05, 0) is 56.4 Å². The SMILES string of the molecule is CC(=O)CCC1=C2CC[C@@]3(C)C(=O)CC[C@@H]3[C@H]2CCC1=O. The fraction of sp³-hybridized carbons (Fsp3) is 0.722. The molecular weight excluding hydrogens is 264 g/mol. The molecule has 21 heavy (non-hydrogen) atoms. The van der Waals surface area contributed by atoms with Gasteiger partial charge in [-0.2, -0.15) is 0 Å². The average Bonchev–Trinajstić information content (AvgIpc) is 2.74. The van der Waals surface area contributed by atoms with Crippen LogP contribution in [0.1, 0.15) is 65.2 Å². The molecule has 0 spiro atoms. The molecule has 0 N–H and O–H groups in total. The molecule has 2 saturated carbocycles. The summed E-state index contributed by atoms with van der Waals surface area (Å²) in [7, 11) is 0. The number of rotatable bonds is 3. The topological polar surface area (TPSA) is 51.2 Å². The lowest BCUT2D eigenvalue weighted by Gasteiger charge is -2.45. The molecule has 3 heteroatoms. The van der Waals surface area contributed by atoms with Crippen molar-refractivity contribution in [3.63, 3.8) is 0 Å². The van der Waals surface area contributed by atoms with E-state index in [-0.39, 0.29) is 17.0 Å². The minimum absolute atomic E-state index is 0.148. The standard InChI is InChI=1S/C18H24O3/c1-11(19)3-4-14-12-9-10-18(2)15(6-8-17(18)21)13(12)5-7-16(14)20/h13,15H,3-10H2,1-2H3/t13-,15+,18+/m0/s1. The summed E-state index contributed by atoms with van der Waals surface area (Å²) in [6.07, 6.45) is 6.05. The number of hydrogen-bond donors (Lipinski definition) is 0. The normalized spacial score (nSPS) is 35.7. The van der Waals surface area contributed by atoms with Crippen molar-refractivity contribution >= 4 is 17.3 Å². The molecule has 0 saturated heterocycles. The Kier molecular flexibility index (Phi) is 3.62. The number of allylic oxidation sites excluding steroid dienone is 2. The lowest BCUT2D eigenvalue weighted by atomic mass is 9.58. The van der Waals surface area contributed by atoms with Crippen LogP contribution in [0.4, 0.5) is 0 Å². The first-order chi connectivity index (χ1) is 9.93. The second kappa shape index (κ2) is 5.19. The maximum Gasteiger partial charge on any atom is 0.158 e. The molecular formula is C18H24O3. The summed E-state index contributed by atoms with van der Waals surface area (Å²) in [5, 5.41) is 0. The Morgan fingerprint density at radius 3 is 2.67 bits per heavy atom. The Morgan fingerprint density at radius 1 is 1.19 bits per heavy atom. The molecule has 0 bridgehead atoms. The van der Waals surface area contributed by atoms with Gasteiger partial charge in [0, 0.05) is 24.7 Å². The molecule has 114 valence electrons. The number of carbonyl (C=O) groups is 3. The van der Waals surface area contributed by atoms with Crippen LogP contribution in [0.25, 0.3) is 0 Å². The molecule has 0 heterocycles. The fourth-order valence-electron chi connectivity index (χ4n) is 4.86. The third kappa shape index (κ3) is 2.31. The second-order valence-corrected chi connectivity index (χ2v) is 7.26. The van der Waals surface area contributed by atoms with Gasteiger partial charge in [-0.25, -0.2) is 0 Å². The van der Waals surface area contributed by atoms with E-state index in [1.807, 2.05) is 0 Å². The lowest BCUT2D eigenvalue weighted by molar-refractivity contribution is -0.128. The monoisotopic (exact) mass is 288 g/mol. The minimum Gasteiger partial charge on any atom is -0.300 e. The number of hydrogen-bond acceptors (Lipinski definition) is 3. The highest BCUT2D eigenvalue weighted by atomic mass is 16.1. The number of Topliss-reactive ketones (excluding diaryl/α,β-unsaturated/α-hetero) is 3. The van der Waals surface area contributed by atoms with Crippen molar-refractivity contribution in [2.24, 2.45) is 17.3 Å². The maximum atomic E-state index is 12.3. The highest BCUT2D eigenvalue weighted by Crippen LogP contribution is 2.57. The number of carbonyl (C=O) groups excluding carboxylic acids is 3. The Labute approximate surface area is 126 Å². The van der Waals surface area contributed by atoms with Crippen LogP contribution >= 0.6 is 0 Å². The minimum atomic E-state index is -0.153. The van der Waals surface area contributed by atoms with Crippen LogP contribution in [-0.2, 0) is 14.4 Å². The predicted molar refractivity (Wildman–Crippen MR) is 79.7 cm³/mol. The van der Waals surface area contributed by atoms with E-state index in [4.69, 9.17) is 0 Å². The molecule has 3 aliphatic rings. The van der Waals surface area contributed by atoms with Gasteiger partial charge in [0.25, 0.3) is 0 Å². The Bertz CT molecular complexity index is 543. The quantitative estimate of drug-likeness (QED) is 0.799. The summed E-state index contributed by atoms with van der Waals surface area (Å²) in [5.41, 5.74) is 2.08. The number of fused-ring (bicyclic) bond motifs is 3. The summed E-state index contributed by atoms with van der Waals surface area (Å²) in [4.78, 5) is 35.8. The largest absolute Gasteiger partial charge is 0.300 e. The van der Waals surface area contributed by atoms with Crippen LogP contribution in [-0.4, -0.2) is 17.3 Å². The van der Waals surface area contributed by atoms with E-state index in [2.05, 4.69) is 6.92 Å².